The van der Waals surface area contributed by atoms with Crippen molar-refractivity contribution in [2.45, 2.75) is 18.9 Å². The van der Waals surface area contributed by atoms with Crippen LogP contribution in [0.1, 0.15) is 18.4 Å². The number of rotatable bonds is 4. The lowest BCUT2D eigenvalue weighted by Crippen LogP contribution is -2.36. The van der Waals surface area contributed by atoms with E-state index in [4.69, 9.17) is 5.73 Å². The Labute approximate surface area is 163 Å². The van der Waals surface area contributed by atoms with Gasteiger partial charge in [-0.05, 0) is 30.5 Å². The van der Waals surface area contributed by atoms with Crippen molar-refractivity contribution in [3.63, 3.8) is 0 Å². The number of hydrogen-bond acceptors (Lipinski definition) is 6. The summed E-state index contributed by atoms with van der Waals surface area (Å²) in [5, 5.41) is 15.4. The molecule has 0 atom stereocenters. The third-order valence-corrected chi connectivity index (χ3v) is 5.11. The van der Waals surface area contributed by atoms with Crippen LogP contribution in [0, 0.1) is 0 Å². The second-order valence-corrected chi connectivity index (χ2v) is 6.93. The van der Waals surface area contributed by atoms with Crippen LogP contribution in [-0.4, -0.2) is 52.3 Å². The van der Waals surface area contributed by atoms with Crippen molar-refractivity contribution in [3.05, 3.63) is 54.5 Å². The van der Waals surface area contributed by atoms with Crippen LogP contribution in [0.25, 0.3) is 22.2 Å². The van der Waals surface area contributed by atoms with Crippen molar-refractivity contribution in [1.82, 2.24) is 14.8 Å². The van der Waals surface area contributed by atoms with Crippen LogP contribution in [-0.2, 0) is 0 Å². The van der Waals surface area contributed by atoms with E-state index in [1.165, 1.54) is 0 Å². The summed E-state index contributed by atoms with van der Waals surface area (Å²) in [6.45, 7) is 1.62. The Hall–Kier alpha value is -3.19. The molecule has 1 aliphatic heterocycles. The lowest BCUT2D eigenvalue weighted by Gasteiger charge is -2.30. The third-order valence-electron chi connectivity index (χ3n) is 5.11. The summed E-state index contributed by atoms with van der Waals surface area (Å²) >= 11 is 0. The van der Waals surface area contributed by atoms with Crippen molar-refractivity contribution in [1.29, 1.82) is 0 Å². The van der Waals surface area contributed by atoms with Gasteiger partial charge in [-0.3, -0.25) is 4.99 Å². The molecule has 2 aromatic heterocycles. The molecule has 0 radical (unpaired) electrons. The molecule has 0 unspecified atom stereocenters. The first-order valence-corrected chi connectivity index (χ1v) is 9.41. The van der Waals surface area contributed by atoms with Crippen LogP contribution in [0.3, 0.4) is 0 Å². The molecule has 7 heteroatoms. The van der Waals surface area contributed by atoms with E-state index in [9.17, 15) is 5.11 Å². The number of aliphatic imine (C=N–C) groups is 1. The fourth-order valence-corrected chi connectivity index (χ4v) is 3.56. The van der Waals surface area contributed by atoms with E-state index in [0.717, 1.165) is 59.5 Å². The third kappa shape index (κ3) is 3.48. The van der Waals surface area contributed by atoms with E-state index in [2.05, 4.69) is 26.0 Å². The van der Waals surface area contributed by atoms with Crippen molar-refractivity contribution >= 4 is 28.5 Å². The summed E-state index contributed by atoms with van der Waals surface area (Å²) in [6.07, 6.45) is 8.31. The van der Waals surface area contributed by atoms with Gasteiger partial charge in [-0.25, -0.2) is 9.67 Å². The average molecular weight is 376 g/mol. The molecule has 3 N–H and O–H groups in total. The first-order valence-electron chi connectivity index (χ1n) is 9.41. The molecule has 4 rings (SSSR count). The highest BCUT2D eigenvalue weighted by atomic mass is 16.3. The van der Waals surface area contributed by atoms with Gasteiger partial charge in [0.25, 0.3) is 0 Å². The number of nitrogens with two attached hydrogens (primary N) is 1. The van der Waals surface area contributed by atoms with Gasteiger partial charge in [0.05, 0.1) is 23.5 Å². The van der Waals surface area contributed by atoms with Gasteiger partial charge < -0.3 is 15.7 Å². The zero-order chi connectivity index (χ0) is 19.5. The molecule has 28 heavy (non-hydrogen) atoms. The van der Waals surface area contributed by atoms with Crippen molar-refractivity contribution in [3.8, 4) is 5.69 Å². The summed E-state index contributed by atoms with van der Waals surface area (Å²) in [5.74, 6) is 0.907. The van der Waals surface area contributed by atoms with E-state index in [1.54, 1.807) is 19.5 Å². The van der Waals surface area contributed by atoms with Crippen LogP contribution in [0.5, 0.6) is 0 Å². The minimum atomic E-state index is -0.204. The Kier molecular flexibility index (Phi) is 5.08. The molecule has 3 aromatic rings. The van der Waals surface area contributed by atoms with Gasteiger partial charge in [-0.15, -0.1) is 0 Å². The summed E-state index contributed by atoms with van der Waals surface area (Å²) in [4.78, 5) is 10.8. The molecule has 144 valence electrons. The molecule has 1 saturated heterocycles. The van der Waals surface area contributed by atoms with Gasteiger partial charge in [0.1, 0.15) is 5.82 Å². The lowest BCUT2D eigenvalue weighted by atomic mass is 10.1. The Balaban J connectivity index is 1.72. The first kappa shape index (κ1) is 18.2. The molecule has 0 aliphatic carbocycles. The van der Waals surface area contributed by atoms with Gasteiger partial charge >= 0.3 is 0 Å². The number of fused-ring (bicyclic) bond motifs is 1. The second kappa shape index (κ2) is 7.82. The maximum Gasteiger partial charge on any atom is 0.130 e. The molecule has 0 spiro atoms. The fraction of sp³-hybridized carbons (Fsp3) is 0.286. The number of nitrogens with zero attached hydrogens (tertiary/aromatic N) is 5. The molecule has 1 fully saturated rings. The Morgan fingerprint density at radius 3 is 2.82 bits per heavy atom. The van der Waals surface area contributed by atoms with Crippen LogP contribution < -0.4 is 10.6 Å². The molecular formula is C21H24N6O. The molecule has 1 aromatic carbocycles. The van der Waals surface area contributed by atoms with Crippen LogP contribution in [0.15, 0.2) is 53.9 Å². The molecule has 0 bridgehead atoms. The number of aliphatic hydroxyl groups is 1. The van der Waals surface area contributed by atoms with Crippen molar-refractivity contribution in [2.24, 2.45) is 10.7 Å². The second-order valence-electron chi connectivity index (χ2n) is 6.93. The van der Waals surface area contributed by atoms with Crippen molar-refractivity contribution in [2.75, 3.05) is 25.0 Å². The molecule has 3 heterocycles. The topological polar surface area (TPSA) is 92.6 Å². The van der Waals surface area contributed by atoms with E-state index in [0.29, 0.717) is 0 Å². The Bertz CT molecular complexity index is 1030. The standard InChI is InChI=1S/C21H24N6O/c1-23-13-17(12-22)15-2-3-16-14-25-27(20(16)10-15)18-4-7-24-21(11-18)26-8-5-19(28)6-9-26/h2-4,7,10-14,19,28H,5-6,8-9,22H2,1H3. The summed E-state index contributed by atoms with van der Waals surface area (Å²) < 4.78 is 1.92. The molecule has 7 nitrogen and oxygen atoms in total. The highest BCUT2D eigenvalue weighted by Crippen LogP contribution is 2.25. The quantitative estimate of drug-likeness (QED) is 0.682. The SMILES string of the molecule is CN=CC(=CN)c1ccc2cnn(-c3ccnc(N4CCC(O)CC4)c3)c2c1. The minimum absolute atomic E-state index is 0.204. The number of benzene rings is 1. The predicted octanol–water partition coefficient (Wildman–Crippen LogP) is 2.38. The number of aliphatic hydroxyl groups excluding tert-OH is 1. The summed E-state index contributed by atoms with van der Waals surface area (Å²) in [7, 11) is 1.73. The molecule has 0 amide bonds. The summed E-state index contributed by atoms with van der Waals surface area (Å²) in [6, 6.07) is 10.1. The van der Waals surface area contributed by atoms with E-state index in [1.807, 2.05) is 41.3 Å². The van der Waals surface area contributed by atoms with Gasteiger partial charge in [-0.1, -0.05) is 12.1 Å². The Morgan fingerprint density at radius 1 is 1.25 bits per heavy atom. The van der Waals surface area contributed by atoms with E-state index >= 15 is 0 Å². The van der Waals surface area contributed by atoms with Gasteiger partial charge in [0.15, 0.2) is 0 Å². The fourth-order valence-electron chi connectivity index (χ4n) is 3.56. The molecule has 1 aliphatic rings. The maximum absolute atomic E-state index is 9.74. The predicted molar refractivity (Wildman–Crippen MR) is 113 cm³/mol. The van der Waals surface area contributed by atoms with Gasteiger partial charge in [-0.2, -0.15) is 5.10 Å². The number of hydrogen-bond donors (Lipinski definition) is 2. The maximum atomic E-state index is 9.74. The van der Waals surface area contributed by atoms with Crippen LogP contribution in [0.2, 0.25) is 0 Å². The largest absolute Gasteiger partial charge is 0.404 e. The number of pyridine rings is 1. The normalized spacial score (nSPS) is 16.4. The van der Waals surface area contributed by atoms with Crippen molar-refractivity contribution < 1.29 is 5.11 Å². The van der Waals surface area contributed by atoms with Crippen LogP contribution in [0.4, 0.5) is 5.82 Å². The highest BCUT2D eigenvalue weighted by Gasteiger charge is 2.18. The number of allylic oxidation sites excluding steroid dienone is 1. The Morgan fingerprint density at radius 2 is 2.07 bits per heavy atom. The smallest absolute Gasteiger partial charge is 0.130 e. The van der Waals surface area contributed by atoms with Gasteiger partial charge in [0, 0.05) is 55.8 Å². The highest BCUT2D eigenvalue weighted by molar-refractivity contribution is 6.10. The lowest BCUT2D eigenvalue weighted by molar-refractivity contribution is 0.145. The zero-order valence-electron chi connectivity index (χ0n) is 15.9. The number of anilines is 1. The van der Waals surface area contributed by atoms with E-state index in [-0.39, 0.29) is 6.10 Å². The molecular weight excluding hydrogens is 352 g/mol. The number of piperidine rings is 1. The zero-order valence-corrected chi connectivity index (χ0v) is 15.9. The van der Waals surface area contributed by atoms with Crippen LogP contribution >= 0.6 is 0 Å². The molecule has 0 saturated carbocycles. The number of aromatic nitrogens is 3. The average Bonchev–Trinajstić information content (AvgIpc) is 3.16. The summed E-state index contributed by atoms with van der Waals surface area (Å²) in [5.41, 5.74) is 9.56. The van der Waals surface area contributed by atoms with E-state index < -0.39 is 0 Å². The first-order chi connectivity index (χ1) is 13.7. The minimum Gasteiger partial charge on any atom is -0.404 e. The van der Waals surface area contributed by atoms with Gasteiger partial charge in [0.2, 0.25) is 0 Å². The monoisotopic (exact) mass is 376 g/mol.